The lowest BCUT2D eigenvalue weighted by atomic mass is 9.56. The van der Waals surface area contributed by atoms with Gasteiger partial charge in [-0.15, -0.1) is 0 Å². The molecule has 6 nitrogen and oxygen atoms in total. The molecule has 0 unspecified atom stereocenters. The van der Waals surface area contributed by atoms with Gasteiger partial charge in [-0.25, -0.2) is 0 Å². The second kappa shape index (κ2) is 11.8. The van der Waals surface area contributed by atoms with Crippen LogP contribution in [0, 0.1) is 17.3 Å². The third kappa shape index (κ3) is 7.00. The zero-order valence-electron chi connectivity index (χ0n) is 24.5. The van der Waals surface area contributed by atoms with Crippen molar-refractivity contribution in [2.75, 3.05) is 0 Å². The fourth-order valence-corrected chi connectivity index (χ4v) is 7.63. The number of aliphatic hydroxyl groups is 5. The maximum atomic E-state index is 10.6. The fraction of sp³-hybridized carbons (Fsp3) is 0.812. The van der Waals surface area contributed by atoms with Gasteiger partial charge in [-0.1, -0.05) is 37.6 Å². The second-order valence-electron chi connectivity index (χ2n) is 14.1. The molecule has 0 aromatic rings. The quantitative estimate of drug-likeness (QED) is 0.242. The highest BCUT2D eigenvalue weighted by Gasteiger charge is 2.59. The van der Waals surface area contributed by atoms with E-state index in [1.807, 2.05) is 13.8 Å². The van der Waals surface area contributed by atoms with Crippen LogP contribution < -0.4 is 5.73 Å². The van der Waals surface area contributed by atoms with Gasteiger partial charge in [0, 0.05) is 12.0 Å². The molecule has 218 valence electrons. The van der Waals surface area contributed by atoms with Crippen molar-refractivity contribution < 1.29 is 25.5 Å². The minimum absolute atomic E-state index is 0.0860. The Labute approximate surface area is 230 Å². The van der Waals surface area contributed by atoms with Crippen LogP contribution in [0.4, 0.5) is 0 Å². The van der Waals surface area contributed by atoms with Crippen molar-refractivity contribution in [3.63, 3.8) is 0 Å². The molecular formula is C32H55NO5. The fourth-order valence-electron chi connectivity index (χ4n) is 7.63. The van der Waals surface area contributed by atoms with E-state index in [2.05, 4.69) is 25.7 Å². The van der Waals surface area contributed by atoms with Gasteiger partial charge in [0.1, 0.15) is 0 Å². The summed E-state index contributed by atoms with van der Waals surface area (Å²) in [7, 11) is 0. The van der Waals surface area contributed by atoms with Crippen molar-refractivity contribution >= 4 is 0 Å². The molecule has 6 heteroatoms. The number of hydrogen-bond donors (Lipinski definition) is 6. The summed E-state index contributed by atoms with van der Waals surface area (Å²) in [5.74, 6) is 0.541. The number of hydrogen-bond acceptors (Lipinski definition) is 6. The lowest BCUT2D eigenvalue weighted by Gasteiger charge is -2.52. The van der Waals surface area contributed by atoms with E-state index >= 15 is 0 Å². The topological polar surface area (TPSA) is 127 Å². The zero-order valence-corrected chi connectivity index (χ0v) is 24.5. The SMILES string of the molecule is C=C1/C(=C\C=C2/CCC[C@@]3(C)[C@H]2CC[C@]3(N)[C@H](CCCC(C)(C)O)CC[C@@H](O)C(C)(C)O)C[C@@H](O)C[C@@H]1O. The summed E-state index contributed by atoms with van der Waals surface area (Å²) in [6.45, 7) is 13.4. The molecule has 3 rings (SSSR count). The maximum Gasteiger partial charge on any atom is 0.0849 e. The van der Waals surface area contributed by atoms with Gasteiger partial charge in [-0.3, -0.25) is 0 Å². The molecular weight excluding hydrogens is 478 g/mol. The van der Waals surface area contributed by atoms with Gasteiger partial charge in [0.15, 0.2) is 0 Å². The lowest BCUT2D eigenvalue weighted by Crippen LogP contribution is -2.58. The van der Waals surface area contributed by atoms with Crippen LogP contribution >= 0.6 is 0 Å². The Balaban J connectivity index is 1.85. The number of rotatable bonds is 10. The molecule has 0 saturated heterocycles. The van der Waals surface area contributed by atoms with Crippen LogP contribution in [0.5, 0.6) is 0 Å². The average Bonchev–Trinajstić information content (AvgIpc) is 3.07. The van der Waals surface area contributed by atoms with E-state index < -0.39 is 35.1 Å². The summed E-state index contributed by atoms with van der Waals surface area (Å²) in [6.07, 6.45) is 11.9. The third-order valence-corrected chi connectivity index (χ3v) is 10.2. The molecule has 3 fully saturated rings. The molecule has 0 aliphatic heterocycles. The highest BCUT2D eigenvalue weighted by atomic mass is 16.3. The molecule has 0 aromatic carbocycles. The summed E-state index contributed by atoms with van der Waals surface area (Å²) in [5, 5.41) is 51.7. The first kappa shape index (κ1) is 31.5. The molecule has 7 N–H and O–H groups in total. The second-order valence-corrected chi connectivity index (χ2v) is 14.1. The van der Waals surface area contributed by atoms with E-state index in [9.17, 15) is 25.5 Å². The summed E-state index contributed by atoms with van der Waals surface area (Å²) in [5.41, 5.74) is 8.14. The van der Waals surface area contributed by atoms with Gasteiger partial charge in [0.2, 0.25) is 0 Å². The third-order valence-electron chi connectivity index (χ3n) is 10.2. The molecule has 3 saturated carbocycles. The Hall–Kier alpha value is -1.02. The Morgan fingerprint density at radius 3 is 2.39 bits per heavy atom. The monoisotopic (exact) mass is 533 g/mol. The van der Waals surface area contributed by atoms with Crippen LogP contribution in [0.25, 0.3) is 0 Å². The van der Waals surface area contributed by atoms with Crippen molar-refractivity contribution in [1.82, 2.24) is 0 Å². The Morgan fingerprint density at radius 2 is 1.76 bits per heavy atom. The predicted molar refractivity (Wildman–Crippen MR) is 153 cm³/mol. The van der Waals surface area contributed by atoms with Crippen molar-refractivity contribution in [2.45, 2.75) is 147 Å². The van der Waals surface area contributed by atoms with Crippen LogP contribution in [-0.4, -0.2) is 60.6 Å². The van der Waals surface area contributed by atoms with Crippen LogP contribution in [0.15, 0.2) is 35.5 Å². The summed E-state index contributed by atoms with van der Waals surface area (Å²) in [4.78, 5) is 0. The molecule has 3 aliphatic rings. The molecule has 38 heavy (non-hydrogen) atoms. The lowest BCUT2D eigenvalue weighted by molar-refractivity contribution is -0.0575. The van der Waals surface area contributed by atoms with Crippen molar-refractivity contribution in [3.05, 3.63) is 35.5 Å². The van der Waals surface area contributed by atoms with Gasteiger partial charge in [-0.2, -0.15) is 0 Å². The Morgan fingerprint density at radius 1 is 1.08 bits per heavy atom. The molecule has 7 atom stereocenters. The van der Waals surface area contributed by atoms with E-state index in [-0.39, 0.29) is 11.3 Å². The molecule has 0 amide bonds. The Kier molecular flexibility index (Phi) is 9.82. The van der Waals surface area contributed by atoms with E-state index in [1.54, 1.807) is 13.8 Å². The first-order valence-electron chi connectivity index (χ1n) is 14.8. The van der Waals surface area contributed by atoms with Crippen molar-refractivity contribution in [2.24, 2.45) is 23.0 Å². The van der Waals surface area contributed by atoms with Gasteiger partial charge < -0.3 is 31.3 Å². The van der Waals surface area contributed by atoms with Crippen molar-refractivity contribution in [1.29, 1.82) is 0 Å². The van der Waals surface area contributed by atoms with Gasteiger partial charge >= 0.3 is 0 Å². The zero-order chi connectivity index (χ0) is 28.5. The minimum atomic E-state index is -1.15. The molecule has 0 bridgehead atoms. The van der Waals surface area contributed by atoms with Crippen LogP contribution in [0.3, 0.4) is 0 Å². The molecule has 0 aromatic heterocycles. The predicted octanol–water partition coefficient (Wildman–Crippen LogP) is 4.68. The van der Waals surface area contributed by atoms with Crippen molar-refractivity contribution in [3.8, 4) is 0 Å². The summed E-state index contributed by atoms with van der Waals surface area (Å²) < 4.78 is 0. The van der Waals surface area contributed by atoms with Crippen LogP contribution in [0.2, 0.25) is 0 Å². The number of aliphatic hydroxyl groups excluding tert-OH is 3. The molecule has 0 radical (unpaired) electrons. The number of fused-ring (bicyclic) bond motifs is 1. The van der Waals surface area contributed by atoms with Gasteiger partial charge in [-0.05, 0) is 120 Å². The highest BCUT2D eigenvalue weighted by molar-refractivity contribution is 5.39. The van der Waals surface area contributed by atoms with E-state index in [4.69, 9.17) is 5.73 Å². The largest absolute Gasteiger partial charge is 0.393 e. The summed E-state index contributed by atoms with van der Waals surface area (Å²) in [6, 6.07) is 0. The van der Waals surface area contributed by atoms with Gasteiger partial charge in [0.05, 0.1) is 29.5 Å². The highest BCUT2D eigenvalue weighted by Crippen LogP contribution is 2.61. The van der Waals surface area contributed by atoms with Crippen LogP contribution in [-0.2, 0) is 0 Å². The smallest absolute Gasteiger partial charge is 0.0849 e. The van der Waals surface area contributed by atoms with E-state index in [0.717, 1.165) is 56.9 Å². The van der Waals surface area contributed by atoms with E-state index in [0.29, 0.717) is 37.2 Å². The maximum absolute atomic E-state index is 10.6. The number of allylic oxidation sites excluding steroid dienone is 3. The van der Waals surface area contributed by atoms with E-state index in [1.165, 1.54) is 5.57 Å². The first-order chi connectivity index (χ1) is 17.5. The van der Waals surface area contributed by atoms with Crippen LogP contribution in [0.1, 0.15) is 112 Å². The standard InChI is InChI=1S/C32H55NO5/c1-21-23(19-25(34)20-27(21)35)12-11-22-9-7-17-31(6)26(22)15-18-32(31,33)24(10-8-16-29(2,3)37)13-14-28(36)30(4,5)38/h11-12,24-28,34-38H,1,7-10,13-20,33H2,2-6H3/b22-11+,23-12-/t24-,25-,26+,27+,28-,31+,32+/m1/s1. The minimum Gasteiger partial charge on any atom is -0.393 e. The Bertz CT molecular complexity index is 897. The molecule has 0 heterocycles. The number of nitrogens with two attached hydrogens (primary N) is 1. The average molecular weight is 534 g/mol. The summed E-state index contributed by atoms with van der Waals surface area (Å²) >= 11 is 0. The molecule has 3 aliphatic carbocycles. The molecule has 0 spiro atoms. The normalized spacial score (nSPS) is 36.5. The first-order valence-corrected chi connectivity index (χ1v) is 14.8. The van der Waals surface area contributed by atoms with Gasteiger partial charge in [0.25, 0.3) is 0 Å².